The first-order valence-corrected chi connectivity index (χ1v) is 11.2. The number of carbonyl (C=O) groups is 2. The summed E-state index contributed by atoms with van der Waals surface area (Å²) in [6.07, 6.45) is 5.32. The maximum Gasteiger partial charge on any atom is 0.243 e. The van der Waals surface area contributed by atoms with Gasteiger partial charge in [0.2, 0.25) is 11.8 Å². The van der Waals surface area contributed by atoms with E-state index >= 15 is 0 Å². The number of carbonyl (C=O) groups excluding carboxylic acids is 2. The predicted octanol–water partition coefficient (Wildman–Crippen LogP) is 4.71. The quantitative estimate of drug-likeness (QED) is 0.690. The molecule has 1 aliphatic rings. The first-order chi connectivity index (χ1) is 14.5. The van der Waals surface area contributed by atoms with Gasteiger partial charge in [0.25, 0.3) is 0 Å². The smallest absolute Gasteiger partial charge is 0.243 e. The van der Waals surface area contributed by atoms with Crippen LogP contribution in [0.25, 0.3) is 0 Å². The molecule has 0 aliphatic heterocycles. The van der Waals surface area contributed by atoms with Gasteiger partial charge in [0.1, 0.15) is 6.04 Å². The molecule has 1 aliphatic carbocycles. The van der Waals surface area contributed by atoms with Crippen LogP contribution in [0.5, 0.6) is 0 Å². The van der Waals surface area contributed by atoms with Gasteiger partial charge in [-0.25, -0.2) is 0 Å². The van der Waals surface area contributed by atoms with Crippen molar-refractivity contribution in [3.8, 4) is 0 Å². The van der Waals surface area contributed by atoms with Crippen LogP contribution in [0.1, 0.15) is 61.3 Å². The third-order valence-corrected chi connectivity index (χ3v) is 6.00. The van der Waals surface area contributed by atoms with E-state index in [-0.39, 0.29) is 17.9 Å². The van der Waals surface area contributed by atoms with Crippen LogP contribution in [0.2, 0.25) is 0 Å². The largest absolute Gasteiger partial charge is 0.352 e. The molecule has 0 saturated heterocycles. The molecule has 1 N–H and O–H groups in total. The van der Waals surface area contributed by atoms with Gasteiger partial charge in [0.15, 0.2) is 0 Å². The summed E-state index contributed by atoms with van der Waals surface area (Å²) < 4.78 is 0. The molecule has 1 saturated carbocycles. The van der Waals surface area contributed by atoms with E-state index in [9.17, 15) is 9.59 Å². The van der Waals surface area contributed by atoms with E-state index in [0.717, 1.165) is 29.5 Å². The molecule has 0 bridgehead atoms. The van der Waals surface area contributed by atoms with Gasteiger partial charge in [-0.1, -0.05) is 79.4 Å². The summed E-state index contributed by atoms with van der Waals surface area (Å²) in [5, 5.41) is 3.20. The number of aryl methyl sites for hydroxylation is 2. The topological polar surface area (TPSA) is 49.4 Å². The van der Waals surface area contributed by atoms with Crippen molar-refractivity contribution in [1.82, 2.24) is 10.2 Å². The molecule has 160 valence electrons. The van der Waals surface area contributed by atoms with Gasteiger partial charge < -0.3 is 10.2 Å². The summed E-state index contributed by atoms with van der Waals surface area (Å²) in [5.41, 5.74) is 4.36. The Morgan fingerprint density at radius 1 is 1.00 bits per heavy atom. The third-order valence-electron chi connectivity index (χ3n) is 6.00. The Balaban J connectivity index is 1.81. The first kappa shape index (κ1) is 22.1. The average Bonchev–Trinajstić information content (AvgIpc) is 3.22. The Morgan fingerprint density at radius 2 is 1.70 bits per heavy atom. The summed E-state index contributed by atoms with van der Waals surface area (Å²) in [6, 6.07) is 16.0. The second-order valence-electron chi connectivity index (χ2n) is 8.59. The van der Waals surface area contributed by atoms with Gasteiger partial charge in [-0.3, -0.25) is 9.59 Å². The van der Waals surface area contributed by atoms with Gasteiger partial charge >= 0.3 is 0 Å². The fourth-order valence-corrected chi connectivity index (χ4v) is 4.28. The molecular formula is C26H34N2O2. The Morgan fingerprint density at radius 3 is 2.33 bits per heavy atom. The van der Waals surface area contributed by atoms with Crippen molar-refractivity contribution in [2.45, 2.75) is 77.9 Å². The lowest BCUT2D eigenvalue weighted by Crippen LogP contribution is -2.51. The van der Waals surface area contributed by atoms with E-state index in [1.54, 1.807) is 4.90 Å². The minimum absolute atomic E-state index is 0.00576. The van der Waals surface area contributed by atoms with Crippen molar-refractivity contribution in [1.29, 1.82) is 0 Å². The van der Waals surface area contributed by atoms with Crippen LogP contribution in [0.4, 0.5) is 0 Å². The molecule has 0 heterocycles. The van der Waals surface area contributed by atoms with Crippen molar-refractivity contribution in [2.75, 3.05) is 0 Å². The number of nitrogens with one attached hydrogen (secondary N) is 1. The van der Waals surface area contributed by atoms with E-state index < -0.39 is 6.04 Å². The summed E-state index contributed by atoms with van der Waals surface area (Å²) >= 11 is 0. The highest BCUT2D eigenvalue weighted by Gasteiger charge is 2.30. The highest BCUT2D eigenvalue weighted by molar-refractivity contribution is 5.88. The van der Waals surface area contributed by atoms with Crippen LogP contribution in [0.15, 0.2) is 48.5 Å². The molecule has 4 nitrogen and oxygen atoms in total. The molecule has 0 radical (unpaired) electrons. The zero-order chi connectivity index (χ0) is 21.5. The van der Waals surface area contributed by atoms with Gasteiger partial charge in [-0.05, 0) is 44.2 Å². The van der Waals surface area contributed by atoms with Crippen molar-refractivity contribution in [3.63, 3.8) is 0 Å². The molecule has 2 aromatic rings. The van der Waals surface area contributed by atoms with Crippen molar-refractivity contribution in [3.05, 3.63) is 70.8 Å². The third kappa shape index (κ3) is 5.94. The van der Waals surface area contributed by atoms with Crippen LogP contribution < -0.4 is 5.32 Å². The molecule has 1 fully saturated rings. The van der Waals surface area contributed by atoms with E-state index in [1.165, 1.54) is 18.4 Å². The van der Waals surface area contributed by atoms with Gasteiger partial charge in [-0.2, -0.15) is 0 Å². The number of rotatable bonds is 8. The summed E-state index contributed by atoms with van der Waals surface area (Å²) in [5.74, 6) is -0.0249. The Bertz CT molecular complexity index is 854. The first-order valence-electron chi connectivity index (χ1n) is 11.2. The lowest BCUT2D eigenvalue weighted by molar-refractivity contribution is -0.141. The maximum atomic E-state index is 13.4. The zero-order valence-corrected chi connectivity index (χ0v) is 18.5. The summed E-state index contributed by atoms with van der Waals surface area (Å²) in [7, 11) is 0. The van der Waals surface area contributed by atoms with Crippen LogP contribution in [0, 0.1) is 13.8 Å². The molecule has 2 aromatic carbocycles. The fraction of sp³-hybridized carbons (Fsp3) is 0.462. The van der Waals surface area contributed by atoms with E-state index in [2.05, 4.69) is 11.4 Å². The lowest BCUT2D eigenvalue weighted by atomic mass is 10.0. The van der Waals surface area contributed by atoms with Crippen LogP contribution >= 0.6 is 0 Å². The second kappa shape index (κ2) is 10.4. The predicted molar refractivity (Wildman–Crippen MR) is 121 cm³/mol. The molecule has 0 spiro atoms. The summed E-state index contributed by atoms with van der Waals surface area (Å²) in [6.45, 7) is 6.52. The molecular weight excluding hydrogens is 372 g/mol. The highest BCUT2D eigenvalue weighted by Crippen LogP contribution is 2.20. The van der Waals surface area contributed by atoms with Gasteiger partial charge in [0, 0.05) is 12.6 Å². The number of nitrogens with zero attached hydrogens (tertiary/aromatic N) is 1. The standard InChI is InChI=1S/C26H34N2O2/c1-4-24(26(30)27-23-10-5-6-11-23)28(18-22-9-7-8-20(3)16-22)25(29)17-21-14-12-19(2)13-15-21/h7-9,12-16,23-24H,4-6,10-11,17-18H2,1-3H3,(H,27,30)/t24-/m0/s1. The Hall–Kier alpha value is -2.62. The number of hydrogen-bond acceptors (Lipinski definition) is 2. The van der Waals surface area contributed by atoms with Crippen molar-refractivity contribution < 1.29 is 9.59 Å². The van der Waals surface area contributed by atoms with Crippen LogP contribution in [-0.2, 0) is 22.6 Å². The number of hydrogen-bond donors (Lipinski definition) is 1. The Kier molecular flexibility index (Phi) is 7.67. The molecule has 30 heavy (non-hydrogen) atoms. The maximum absolute atomic E-state index is 13.4. The monoisotopic (exact) mass is 406 g/mol. The van der Waals surface area contributed by atoms with Crippen molar-refractivity contribution >= 4 is 11.8 Å². The van der Waals surface area contributed by atoms with Crippen LogP contribution in [-0.4, -0.2) is 28.8 Å². The minimum atomic E-state index is -0.455. The van der Waals surface area contributed by atoms with Crippen molar-refractivity contribution in [2.24, 2.45) is 0 Å². The van der Waals surface area contributed by atoms with E-state index in [0.29, 0.717) is 19.4 Å². The second-order valence-corrected chi connectivity index (χ2v) is 8.59. The molecule has 0 aromatic heterocycles. The number of benzene rings is 2. The van der Waals surface area contributed by atoms with Crippen LogP contribution in [0.3, 0.4) is 0 Å². The van der Waals surface area contributed by atoms with E-state index in [1.807, 2.05) is 63.2 Å². The number of amides is 2. The SMILES string of the molecule is CC[C@@H](C(=O)NC1CCCC1)N(Cc1cccc(C)c1)C(=O)Cc1ccc(C)cc1. The fourth-order valence-electron chi connectivity index (χ4n) is 4.28. The van der Waals surface area contributed by atoms with E-state index in [4.69, 9.17) is 0 Å². The molecule has 0 unspecified atom stereocenters. The molecule has 2 amide bonds. The van der Waals surface area contributed by atoms with Gasteiger partial charge in [0.05, 0.1) is 6.42 Å². The minimum Gasteiger partial charge on any atom is -0.352 e. The zero-order valence-electron chi connectivity index (χ0n) is 18.5. The average molecular weight is 407 g/mol. The van der Waals surface area contributed by atoms with Gasteiger partial charge in [-0.15, -0.1) is 0 Å². The molecule has 1 atom stereocenters. The highest BCUT2D eigenvalue weighted by atomic mass is 16.2. The summed E-state index contributed by atoms with van der Waals surface area (Å²) in [4.78, 5) is 28.3. The normalized spacial score (nSPS) is 15.0. The molecule has 3 rings (SSSR count). The molecule has 4 heteroatoms. The Labute approximate surface area is 180 Å². The lowest BCUT2D eigenvalue weighted by Gasteiger charge is -2.31.